The molecule has 0 aliphatic rings. The van der Waals surface area contributed by atoms with Gasteiger partial charge in [-0.05, 0) is 30.7 Å². The minimum absolute atomic E-state index is 0.247. The first kappa shape index (κ1) is 15.7. The standard InChI is InChI=1S/C17H18BrFN2/c1-3-4-8-16(13-6-5-7-15(19)11-13)20-17-12-14(18)9-10-21(17)2/h5-12H,3-4H2,1-2H3. The Labute approximate surface area is 132 Å². The van der Waals surface area contributed by atoms with Crippen molar-refractivity contribution in [2.75, 3.05) is 0 Å². The van der Waals surface area contributed by atoms with Gasteiger partial charge in [0.1, 0.15) is 11.3 Å². The number of pyridine rings is 1. The Balaban J connectivity index is 2.54. The van der Waals surface area contributed by atoms with Crippen LogP contribution >= 0.6 is 15.9 Å². The van der Waals surface area contributed by atoms with Crippen LogP contribution in [0.5, 0.6) is 0 Å². The molecule has 0 spiro atoms. The Hall–Kier alpha value is -1.68. The average molecular weight is 349 g/mol. The fourth-order valence-corrected chi connectivity index (χ4v) is 2.25. The first-order valence-electron chi connectivity index (χ1n) is 6.93. The minimum atomic E-state index is -0.247. The molecule has 0 aliphatic carbocycles. The summed E-state index contributed by atoms with van der Waals surface area (Å²) in [6.07, 6.45) is 5.92. The Morgan fingerprint density at radius 1 is 1.33 bits per heavy atom. The fourth-order valence-electron chi connectivity index (χ4n) is 1.92. The summed E-state index contributed by atoms with van der Waals surface area (Å²) < 4.78 is 16.4. The summed E-state index contributed by atoms with van der Waals surface area (Å²) in [7, 11) is 1.94. The van der Waals surface area contributed by atoms with Gasteiger partial charge in [0.2, 0.25) is 0 Å². The molecule has 0 bridgehead atoms. The van der Waals surface area contributed by atoms with Crippen LogP contribution in [0, 0.1) is 5.82 Å². The molecule has 0 amide bonds. The number of allylic oxidation sites excluding steroid dienone is 1. The quantitative estimate of drug-likeness (QED) is 0.763. The van der Waals surface area contributed by atoms with Crippen molar-refractivity contribution in [1.29, 1.82) is 0 Å². The van der Waals surface area contributed by atoms with Crippen LogP contribution in [0.4, 0.5) is 4.39 Å². The maximum atomic E-state index is 13.5. The molecule has 2 rings (SSSR count). The third kappa shape index (κ3) is 4.39. The molecule has 0 unspecified atom stereocenters. The van der Waals surface area contributed by atoms with E-state index in [-0.39, 0.29) is 5.82 Å². The van der Waals surface area contributed by atoms with Crippen LogP contribution in [0.25, 0.3) is 5.70 Å². The van der Waals surface area contributed by atoms with Gasteiger partial charge in [0.15, 0.2) is 0 Å². The molecule has 4 heteroatoms. The first-order valence-corrected chi connectivity index (χ1v) is 7.72. The molecule has 0 saturated carbocycles. The average Bonchev–Trinajstić information content (AvgIpc) is 2.47. The minimum Gasteiger partial charge on any atom is -0.336 e. The van der Waals surface area contributed by atoms with Crippen LogP contribution in [0.3, 0.4) is 0 Å². The van der Waals surface area contributed by atoms with E-state index >= 15 is 0 Å². The summed E-state index contributed by atoms with van der Waals surface area (Å²) in [4.78, 5) is 4.70. The zero-order valence-electron chi connectivity index (χ0n) is 12.2. The summed E-state index contributed by atoms with van der Waals surface area (Å²) in [6.45, 7) is 2.11. The van der Waals surface area contributed by atoms with Gasteiger partial charge in [-0.15, -0.1) is 0 Å². The van der Waals surface area contributed by atoms with E-state index in [4.69, 9.17) is 4.99 Å². The topological polar surface area (TPSA) is 17.3 Å². The summed E-state index contributed by atoms with van der Waals surface area (Å²) in [5, 5.41) is 0. The predicted molar refractivity (Wildman–Crippen MR) is 88.0 cm³/mol. The molecule has 1 aromatic carbocycles. The van der Waals surface area contributed by atoms with Crippen LogP contribution in [0.1, 0.15) is 25.3 Å². The lowest BCUT2D eigenvalue weighted by Gasteiger charge is -2.05. The van der Waals surface area contributed by atoms with Gasteiger partial charge in [0, 0.05) is 23.3 Å². The number of nitrogens with zero attached hydrogens (tertiary/aromatic N) is 2. The fraction of sp³-hybridized carbons (Fsp3) is 0.235. The molecule has 21 heavy (non-hydrogen) atoms. The van der Waals surface area contributed by atoms with E-state index < -0.39 is 0 Å². The Morgan fingerprint density at radius 2 is 2.14 bits per heavy atom. The van der Waals surface area contributed by atoms with Crippen LogP contribution in [-0.4, -0.2) is 4.57 Å². The third-order valence-corrected chi connectivity index (χ3v) is 3.56. The van der Waals surface area contributed by atoms with Gasteiger partial charge in [-0.2, -0.15) is 0 Å². The molecule has 0 aliphatic heterocycles. The monoisotopic (exact) mass is 348 g/mol. The van der Waals surface area contributed by atoms with Crippen molar-refractivity contribution < 1.29 is 4.39 Å². The normalized spacial score (nSPS) is 12.8. The second-order valence-corrected chi connectivity index (χ2v) is 5.73. The smallest absolute Gasteiger partial charge is 0.134 e. The number of halogens is 2. The van der Waals surface area contributed by atoms with Gasteiger partial charge < -0.3 is 4.57 Å². The Bertz CT molecular complexity index is 717. The zero-order chi connectivity index (χ0) is 15.2. The number of hydrogen-bond donors (Lipinski definition) is 0. The van der Waals surface area contributed by atoms with Crippen molar-refractivity contribution in [3.63, 3.8) is 0 Å². The zero-order valence-corrected chi connectivity index (χ0v) is 13.8. The molecular weight excluding hydrogens is 331 g/mol. The molecule has 1 heterocycles. The van der Waals surface area contributed by atoms with Crippen molar-refractivity contribution in [2.45, 2.75) is 19.8 Å². The number of rotatable bonds is 4. The van der Waals surface area contributed by atoms with Gasteiger partial charge >= 0.3 is 0 Å². The molecule has 0 N–H and O–H groups in total. The lowest BCUT2D eigenvalue weighted by atomic mass is 10.1. The van der Waals surface area contributed by atoms with Gasteiger partial charge in [-0.3, -0.25) is 0 Å². The van der Waals surface area contributed by atoms with Crippen LogP contribution in [0.2, 0.25) is 0 Å². The summed E-state index contributed by atoms with van der Waals surface area (Å²) in [5.41, 5.74) is 2.41. The number of unbranched alkanes of at least 4 members (excludes halogenated alkanes) is 1. The molecule has 0 atom stereocenters. The van der Waals surface area contributed by atoms with Crippen molar-refractivity contribution in [3.8, 4) is 0 Å². The number of benzene rings is 1. The number of aryl methyl sites for hydroxylation is 1. The molecule has 0 fully saturated rings. The molecular formula is C17H18BrFN2. The molecule has 110 valence electrons. The lowest BCUT2D eigenvalue weighted by Crippen LogP contribution is -2.16. The highest BCUT2D eigenvalue weighted by atomic mass is 79.9. The van der Waals surface area contributed by atoms with Crippen molar-refractivity contribution in [1.82, 2.24) is 4.57 Å². The number of aromatic nitrogens is 1. The van der Waals surface area contributed by atoms with Gasteiger partial charge in [0.05, 0.1) is 5.70 Å². The maximum absolute atomic E-state index is 13.5. The van der Waals surface area contributed by atoms with E-state index in [0.29, 0.717) is 0 Å². The number of hydrogen-bond acceptors (Lipinski definition) is 1. The van der Waals surface area contributed by atoms with Crippen molar-refractivity contribution in [3.05, 3.63) is 70.0 Å². The van der Waals surface area contributed by atoms with Crippen LogP contribution in [-0.2, 0) is 7.05 Å². The highest BCUT2D eigenvalue weighted by molar-refractivity contribution is 9.10. The second kappa shape index (κ2) is 7.36. The molecule has 2 nitrogen and oxygen atoms in total. The van der Waals surface area contributed by atoms with E-state index in [1.807, 2.05) is 36.0 Å². The molecule has 1 aromatic heterocycles. The summed E-state index contributed by atoms with van der Waals surface area (Å²) >= 11 is 3.45. The summed E-state index contributed by atoms with van der Waals surface area (Å²) in [5.74, 6) is -0.247. The van der Waals surface area contributed by atoms with Crippen LogP contribution < -0.4 is 5.49 Å². The maximum Gasteiger partial charge on any atom is 0.134 e. The molecule has 0 radical (unpaired) electrons. The Morgan fingerprint density at radius 3 is 2.86 bits per heavy atom. The van der Waals surface area contributed by atoms with E-state index in [2.05, 4.69) is 28.9 Å². The van der Waals surface area contributed by atoms with Gasteiger partial charge in [-0.1, -0.05) is 47.5 Å². The second-order valence-electron chi connectivity index (χ2n) is 4.81. The predicted octanol–water partition coefficient (Wildman–Crippen LogP) is 4.67. The summed E-state index contributed by atoms with van der Waals surface area (Å²) in [6, 6.07) is 10.5. The highest BCUT2D eigenvalue weighted by Crippen LogP contribution is 2.18. The Kier molecular flexibility index (Phi) is 5.51. The van der Waals surface area contributed by atoms with E-state index in [1.54, 1.807) is 6.07 Å². The van der Waals surface area contributed by atoms with Crippen molar-refractivity contribution in [2.24, 2.45) is 12.0 Å². The lowest BCUT2D eigenvalue weighted by molar-refractivity contribution is 0.627. The highest BCUT2D eigenvalue weighted by Gasteiger charge is 2.02. The largest absolute Gasteiger partial charge is 0.336 e. The van der Waals surface area contributed by atoms with Crippen molar-refractivity contribution >= 4 is 21.6 Å². The van der Waals surface area contributed by atoms with E-state index in [0.717, 1.165) is 34.1 Å². The molecule has 2 aromatic rings. The van der Waals surface area contributed by atoms with Crippen LogP contribution in [0.15, 0.2) is 58.1 Å². The van der Waals surface area contributed by atoms with Gasteiger partial charge in [-0.25, -0.2) is 9.38 Å². The molecule has 0 saturated heterocycles. The van der Waals surface area contributed by atoms with E-state index in [1.165, 1.54) is 12.1 Å². The third-order valence-electron chi connectivity index (χ3n) is 3.07. The first-order chi connectivity index (χ1) is 10.1. The SMILES string of the molecule is CCCC=C(N=c1cc(Br)ccn1C)c1cccc(F)c1. The van der Waals surface area contributed by atoms with Gasteiger partial charge in [0.25, 0.3) is 0 Å². The van der Waals surface area contributed by atoms with E-state index in [9.17, 15) is 4.39 Å².